The summed E-state index contributed by atoms with van der Waals surface area (Å²) in [6.07, 6.45) is 2.89. The van der Waals surface area contributed by atoms with Crippen molar-refractivity contribution >= 4 is 47.2 Å². The first-order valence-corrected chi connectivity index (χ1v) is 33.0. The molecule has 3 saturated heterocycles. The first kappa shape index (κ1) is 70.5. The van der Waals surface area contributed by atoms with Crippen LogP contribution in [-0.4, -0.2) is 170 Å². The summed E-state index contributed by atoms with van der Waals surface area (Å²) in [6, 6.07) is 25.7. The molecule has 23 nitrogen and oxygen atoms in total. The number of aromatic hydroxyl groups is 2. The maximum Gasteiger partial charge on any atom is 0.306 e. The Kier molecular flexibility index (Phi) is 25.3. The first-order valence-electron chi connectivity index (χ1n) is 33.0. The zero-order valence-electron chi connectivity index (χ0n) is 54.8. The van der Waals surface area contributed by atoms with Gasteiger partial charge in [0.2, 0.25) is 35.4 Å². The van der Waals surface area contributed by atoms with Crippen molar-refractivity contribution in [1.29, 1.82) is 0 Å². The van der Waals surface area contributed by atoms with Gasteiger partial charge in [-0.3, -0.25) is 43.3 Å². The molecule has 5 atom stereocenters. The number of nitrogens with one attached hydrogen (secondary N) is 7. The molecular formula is C70H95N11O12. The third-order valence-electron chi connectivity index (χ3n) is 17.5. The monoisotopic (exact) mass is 1280 g/mol. The van der Waals surface area contributed by atoms with Crippen molar-refractivity contribution in [2.45, 2.75) is 167 Å². The van der Waals surface area contributed by atoms with E-state index in [9.17, 15) is 48.6 Å². The number of phenols is 2. The standard InChI is InChI=1S/C70H95N11O12/c1-44(2)36-56(64(87)70(7)43-92-70)74-69(91)58(38-48-16-12-9-13-17-48)76-68(90)57(37-45(3)4)75-67(89)55(23-20-47-14-10-8-11-15-47)73-61(84)42-79-32-28-52(29-33-79)93-63(86)25-24-62(85)80-34-26-50(27-35-80)66(88)72-31-30-71-41-49-18-21-51(22-19-49)81-65(77-78-81)54-39-53(46(5)6)59(82)40-60(54)83/h8-19,21-22,39-40,44-46,50,52,55-58,71,78,82-83H,20,23-38,41-43H2,1-7H3,(H,72,88)(H,73,84)(H,74,91)(H,75,89)(H,76,90)/t55-,56-,57-,58-,70+/m0/s1. The number of piperidine rings is 2. The van der Waals surface area contributed by atoms with Gasteiger partial charge in [0.1, 0.15) is 41.3 Å². The minimum atomic E-state index is -1.10. The Bertz CT molecular complexity index is 3310. The molecule has 3 aliphatic heterocycles. The normalized spacial score (nSPS) is 17.5. The Morgan fingerprint density at radius 2 is 1.28 bits per heavy atom. The van der Waals surface area contributed by atoms with Gasteiger partial charge in [-0.2, -0.15) is 0 Å². The van der Waals surface area contributed by atoms with Gasteiger partial charge >= 0.3 is 5.97 Å². The van der Waals surface area contributed by atoms with E-state index in [2.05, 4.69) is 42.2 Å². The molecule has 0 radical (unpaired) electrons. The number of aromatic nitrogens is 3. The van der Waals surface area contributed by atoms with E-state index in [1.807, 2.05) is 131 Å². The van der Waals surface area contributed by atoms with E-state index in [0.29, 0.717) is 101 Å². The lowest BCUT2D eigenvalue weighted by Crippen LogP contribution is -2.59. The molecule has 3 fully saturated rings. The molecule has 0 unspecified atom stereocenters. The number of hydrogen-bond donors (Lipinski definition) is 9. The second-order valence-electron chi connectivity index (χ2n) is 26.4. The van der Waals surface area contributed by atoms with Gasteiger partial charge in [-0.1, -0.05) is 114 Å². The Hall–Kier alpha value is -8.41. The van der Waals surface area contributed by atoms with Crippen LogP contribution in [0.2, 0.25) is 0 Å². The Morgan fingerprint density at radius 1 is 0.677 bits per heavy atom. The highest BCUT2D eigenvalue weighted by molar-refractivity contribution is 5.99. The topological polar surface area (TPSA) is 311 Å². The largest absolute Gasteiger partial charge is 0.508 e. The molecule has 0 saturated carbocycles. The average Bonchev–Trinajstić information content (AvgIpc) is 1.70. The number of carbonyl (C=O) groups is 8. The fourth-order valence-corrected chi connectivity index (χ4v) is 11.9. The molecule has 0 spiro atoms. The number of hydrogen-bond acceptors (Lipinski definition) is 15. The zero-order valence-corrected chi connectivity index (χ0v) is 54.8. The molecule has 1 aromatic heterocycles. The van der Waals surface area contributed by atoms with E-state index in [-0.39, 0.29) is 98.0 Å². The Balaban J connectivity index is 0.737. The smallest absolute Gasteiger partial charge is 0.306 e. The van der Waals surface area contributed by atoms with Gasteiger partial charge in [0.25, 0.3) is 0 Å². The Morgan fingerprint density at radius 3 is 1.89 bits per heavy atom. The molecule has 5 aromatic rings. The molecule has 23 heteroatoms. The van der Waals surface area contributed by atoms with E-state index in [1.165, 1.54) is 6.07 Å². The summed E-state index contributed by atoms with van der Waals surface area (Å²) in [5.74, 6) is -2.64. The molecule has 93 heavy (non-hydrogen) atoms. The van der Waals surface area contributed by atoms with Crippen LogP contribution in [0.4, 0.5) is 0 Å². The average molecular weight is 1280 g/mol. The minimum absolute atomic E-state index is 0.0107. The summed E-state index contributed by atoms with van der Waals surface area (Å²) >= 11 is 0. The number of phenolic OH excluding ortho intramolecular Hbond substituents is 2. The van der Waals surface area contributed by atoms with Crippen LogP contribution < -0.4 is 31.9 Å². The van der Waals surface area contributed by atoms with Crippen LogP contribution in [0, 0.1) is 17.8 Å². The molecule has 8 rings (SSSR count). The second kappa shape index (κ2) is 33.4. The van der Waals surface area contributed by atoms with Crippen LogP contribution in [-0.2, 0) is 67.2 Å². The highest BCUT2D eigenvalue weighted by atomic mass is 16.6. The number of likely N-dealkylation sites (tertiary alicyclic amines) is 2. The lowest BCUT2D eigenvalue weighted by Gasteiger charge is -2.32. The van der Waals surface area contributed by atoms with Crippen molar-refractivity contribution in [1.82, 2.24) is 56.7 Å². The SMILES string of the molecule is CC(C)C[C@H](NC(=O)[C@H](CCc1ccccc1)NC(=O)CN1CCC(OC(=O)CCC(=O)N2CCC(C(=O)NCCNCc3ccc(-n4[nH]nc4-c4cc(C(C)C)c(O)cc4O)cc3)CC2)CC1)C(=O)N[C@@H](Cc1ccccc1)C(=O)N[C@@H](CC(C)C)C(=O)[C@@]1(C)CO1. The number of esters is 1. The van der Waals surface area contributed by atoms with E-state index < -0.39 is 65.5 Å². The molecule has 9 N–H and O–H groups in total. The van der Waals surface area contributed by atoms with Gasteiger partial charge in [0, 0.05) is 70.6 Å². The summed E-state index contributed by atoms with van der Waals surface area (Å²) < 4.78 is 13.0. The number of H-pyrrole nitrogens is 1. The number of nitrogens with zero attached hydrogens (tertiary/aromatic N) is 4. The van der Waals surface area contributed by atoms with E-state index in [0.717, 1.165) is 22.4 Å². The van der Waals surface area contributed by atoms with Crippen LogP contribution in [0.3, 0.4) is 0 Å². The van der Waals surface area contributed by atoms with Crippen LogP contribution in [0.5, 0.6) is 11.5 Å². The van der Waals surface area contributed by atoms with Crippen molar-refractivity contribution in [3.63, 3.8) is 0 Å². The summed E-state index contributed by atoms with van der Waals surface area (Å²) in [5, 5.41) is 46.1. The molecule has 4 aromatic carbocycles. The number of rotatable bonds is 33. The number of amides is 6. The van der Waals surface area contributed by atoms with Gasteiger partial charge in [-0.25, -0.2) is 9.90 Å². The van der Waals surface area contributed by atoms with Crippen molar-refractivity contribution in [2.75, 3.05) is 52.4 Å². The molecule has 0 bridgehead atoms. The number of Topliss-reactive ketones (excluding diaryl/α,β-unsaturated/α-hetero) is 1. The number of epoxide rings is 1. The fourth-order valence-electron chi connectivity index (χ4n) is 11.9. The first-order chi connectivity index (χ1) is 44.5. The van der Waals surface area contributed by atoms with Gasteiger partial charge in [0.05, 0.1) is 36.9 Å². The van der Waals surface area contributed by atoms with Crippen molar-refractivity contribution in [2.24, 2.45) is 17.8 Å². The fraction of sp³-hybridized carbons (Fsp3) is 0.529. The van der Waals surface area contributed by atoms with Crippen molar-refractivity contribution in [3.05, 3.63) is 119 Å². The maximum atomic E-state index is 14.4. The van der Waals surface area contributed by atoms with Gasteiger partial charge in [-0.05, 0) is 116 Å². The number of aromatic amines is 1. The quantitative estimate of drug-likeness (QED) is 0.0134. The molecule has 0 aliphatic carbocycles. The summed E-state index contributed by atoms with van der Waals surface area (Å²) in [6.45, 7) is 16.9. The summed E-state index contributed by atoms with van der Waals surface area (Å²) in [4.78, 5) is 113. The molecule has 3 aliphatic rings. The van der Waals surface area contributed by atoms with Gasteiger partial charge in [-0.15, -0.1) is 5.10 Å². The lowest BCUT2D eigenvalue weighted by atomic mass is 9.93. The predicted molar refractivity (Wildman–Crippen MR) is 350 cm³/mol. The van der Waals surface area contributed by atoms with Crippen molar-refractivity contribution < 1.29 is 58.0 Å². The van der Waals surface area contributed by atoms with Crippen LogP contribution in [0.15, 0.2) is 97.1 Å². The van der Waals surface area contributed by atoms with Crippen LogP contribution in [0.25, 0.3) is 17.1 Å². The second-order valence-corrected chi connectivity index (χ2v) is 26.4. The number of ether oxygens (including phenoxy) is 2. The zero-order chi connectivity index (χ0) is 66.8. The highest BCUT2D eigenvalue weighted by Crippen LogP contribution is 2.38. The van der Waals surface area contributed by atoms with Gasteiger partial charge in [0.15, 0.2) is 11.6 Å². The molecular weight excluding hydrogens is 1190 g/mol. The number of benzene rings is 4. The summed E-state index contributed by atoms with van der Waals surface area (Å²) in [7, 11) is 0. The van der Waals surface area contributed by atoms with E-state index in [1.54, 1.807) is 22.6 Å². The van der Waals surface area contributed by atoms with E-state index in [4.69, 9.17) is 9.47 Å². The molecule has 502 valence electrons. The third kappa shape index (κ3) is 20.8. The third-order valence-corrected chi connectivity index (χ3v) is 17.5. The van der Waals surface area contributed by atoms with Crippen molar-refractivity contribution in [3.8, 4) is 28.6 Å². The number of ketones is 1. The van der Waals surface area contributed by atoms with E-state index >= 15 is 0 Å². The van der Waals surface area contributed by atoms with Gasteiger partial charge < -0.3 is 56.5 Å². The van der Waals surface area contributed by atoms with Crippen LogP contribution >= 0.6 is 0 Å². The Labute approximate surface area is 545 Å². The molecule has 4 heterocycles. The number of aryl methyl sites for hydroxylation is 1. The predicted octanol–water partition coefficient (Wildman–Crippen LogP) is 5.90. The lowest BCUT2D eigenvalue weighted by molar-refractivity contribution is -0.153. The number of carbonyl (C=O) groups excluding carboxylic acids is 8. The van der Waals surface area contributed by atoms with Crippen LogP contribution in [0.1, 0.15) is 134 Å². The molecule has 6 amide bonds. The minimum Gasteiger partial charge on any atom is -0.508 e. The summed E-state index contributed by atoms with van der Waals surface area (Å²) in [5.41, 5.74) is 3.85. The maximum absolute atomic E-state index is 14.4. The highest BCUT2D eigenvalue weighted by Gasteiger charge is 2.50.